The van der Waals surface area contributed by atoms with Crippen LogP contribution >= 0.6 is 0 Å². The van der Waals surface area contributed by atoms with E-state index >= 15 is 0 Å². The summed E-state index contributed by atoms with van der Waals surface area (Å²) in [5.41, 5.74) is 2.20. The first-order valence-corrected chi connectivity index (χ1v) is 11.0. The molecule has 0 bridgehead atoms. The molecule has 1 N–H and O–H groups in total. The number of nitrogens with one attached hydrogen (secondary N) is 1. The van der Waals surface area contributed by atoms with Gasteiger partial charge in [-0.25, -0.2) is 4.68 Å². The number of carbonyl (C=O) groups excluding carboxylic acids is 1. The Hall–Kier alpha value is -3.81. The van der Waals surface area contributed by atoms with Crippen LogP contribution in [0.5, 0.6) is 11.5 Å². The summed E-state index contributed by atoms with van der Waals surface area (Å²) >= 11 is 0. The van der Waals surface area contributed by atoms with Crippen LogP contribution in [-0.4, -0.2) is 43.0 Å². The van der Waals surface area contributed by atoms with E-state index in [1.54, 1.807) is 44.7 Å². The van der Waals surface area contributed by atoms with Gasteiger partial charge in [-0.05, 0) is 30.5 Å². The number of methoxy groups -OCH3 is 2. The Morgan fingerprint density at radius 2 is 1.94 bits per heavy atom. The van der Waals surface area contributed by atoms with Crippen LogP contribution in [0.2, 0.25) is 0 Å². The highest BCUT2D eigenvalue weighted by Gasteiger charge is 2.27. The highest BCUT2D eigenvalue weighted by molar-refractivity contribution is 5.94. The average Bonchev–Trinajstić information content (AvgIpc) is 2.86. The van der Waals surface area contributed by atoms with Gasteiger partial charge in [-0.2, -0.15) is 5.10 Å². The van der Waals surface area contributed by atoms with Crippen molar-refractivity contribution in [2.24, 2.45) is 5.92 Å². The lowest BCUT2D eigenvalue weighted by atomic mass is 9.96. The number of rotatable bonds is 7. The number of aromatic nitrogens is 2. The van der Waals surface area contributed by atoms with Crippen LogP contribution in [0.3, 0.4) is 0 Å². The minimum atomic E-state index is -0.211. The third-order valence-electron chi connectivity index (χ3n) is 5.85. The zero-order valence-corrected chi connectivity index (χ0v) is 18.9. The Morgan fingerprint density at radius 1 is 1.12 bits per heavy atom. The van der Waals surface area contributed by atoms with Crippen LogP contribution in [0.1, 0.15) is 18.4 Å². The predicted octanol–water partition coefficient (Wildman–Crippen LogP) is 3.16. The zero-order chi connectivity index (χ0) is 23.2. The van der Waals surface area contributed by atoms with E-state index in [4.69, 9.17) is 9.47 Å². The summed E-state index contributed by atoms with van der Waals surface area (Å²) in [6, 6.07) is 16.6. The van der Waals surface area contributed by atoms with Crippen molar-refractivity contribution in [1.82, 2.24) is 9.78 Å². The van der Waals surface area contributed by atoms with E-state index in [1.807, 2.05) is 30.3 Å². The number of ether oxygens (including phenoxy) is 2. The zero-order valence-electron chi connectivity index (χ0n) is 18.9. The Labute approximate surface area is 192 Å². The molecule has 1 unspecified atom stereocenters. The van der Waals surface area contributed by atoms with Crippen molar-refractivity contribution >= 4 is 17.3 Å². The molecular weight excluding hydrogens is 420 g/mol. The van der Waals surface area contributed by atoms with Crippen molar-refractivity contribution in [1.29, 1.82) is 0 Å². The summed E-state index contributed by atoms with van der Waals surface area (Å²) in [6.45, 7) is 1.72. The predicted molar refractivity (Wildman–Crippen MR) is 127 cm³/mol. The van der Waals surface area contributed by atoms with Gasteiger partial charge in [0.1, 0.15) is 11.5 Å². The van der Waals surface area contributed by atoms with Gasteiger partial charge < -0.3 is 19.7 Å². The quantitative estimate of drug-likeness (QED) is 0.598. The number of nitrogens with zero attached hydrogens (tertiary/aromatic N) is 3. The molecule has 1 aromatic heterocycles. The fourth-order valence-electron chi connectivity index (χ4n) is 4.03. The van der Waals surface area contributed by atoms with E-state index in [0.717, 1.165) is 30.6 Å². The number of anilines is 2. The van der Waals surface area contributed by atoms with Crippen molar-refractivity contribution in [2.45, 2.75) is 19.4 Å². The summed E-state index contributed by atoms with van der Waals surface area (Å²) in [7, 11) is 3.14. The molecule has 2 aromatic carbocycles. The van der Waals surface area contributed by atoms with Crippen molar-refractivity contribution in [2.75, 3.05) is 37.5 Å². The van der Waals surface area contributed by atoms with Crippen molar-refractivity contribution in [3.8, 4) is 11.5 Å². The topological polar surface area (TPSA) is 85.7 Å². The second kappa shape index (κ2) is 10.2. The Bertz CT molecular complexity index is 1160. The molecule has 8 heteroatoms. The molecule has 3 aromatic rings. The van der Waals surface area contributed by atoms with Gasteiger partial charge in [-0.15, -0.1) is 0 Å². The van der Waals surface area contributed by atoms with E-state index in [9.17, 15) is 9.59 Å². The van der Waals surface area contributed by atoms with Crippen LogP contribution in [0.25, 0.3) is 0 Å². The number of carbonyl (C=O) groups is 1. The van der Waals surface area contributed by atoms with Crippen LogP contribution in [0.15, 0.2) is 65.6 Å². The highest BCUT2D eigenvalue weighted by Crippen LogP contribution is 2.30. The molecule has 8 nitrogen and oxygen atoms in total. The number of benzene rings is 2. The molecule has 33 heavy (non-hydrogen) atoms. The number of hydrogen-bond donors (Lipinski definition) is 1. The first kappa shape index (κ1) is 22.4. The average molecular weight is 449 g/mol. The molecule has 1 aliphatic heterocycles. The lowest BCUT2D eigenvalue weighted by molar-refractivity contribution is -0.120. The summed E-state index contributed by atoms with van der Waals surface area (Å²) in [6.07, 6.45) is 3.33. The smallest absolute Gasteiger partial charge is 0.269 e. The molecule has 1 saturated heterocycles. The Balaban J connectivity index is 1.43. The van der Waals surface area contributed by atoms with Gasteiger partial charge in [0.2, 0.25) is 5.91 Å². The largest absolute Gasteiger partial charge is 0.497 e. The van der Waals surface area contributed by atoms with Gasteiger partial charge in [-0.1, -0.05) is 30.3 Å². The standard InChI is InChI=1S/C25H28N4O4/c1-32-21-10-11-22(23(14-21)33-2)27-25(31)19-9-6-12-28(17-19)20-13-24(30)29(26-15-20)16-18-7-4-3-5-8-18/h3-5,7-8,10-11,13-15,19H,6,9,12,16-17H2,1-2H3,(H,27,31). The van der Waals surface area contributed by atoms with E-state index < -0.39 is 0 Å². The van der Waals surface area contributed by atoms with Gasteiger partial charge >= 0.3 is 0 Å². The van der Waals surface area contributed by atoms with Crippen molar-refractivity contribution in [3.63, 3.8) is 0 Å². The molecule has 0 radical (unpaired) electrons. The van der Waals surface area contributed by atoms with Crippen molar-refractivity contribution in [3.05, 3.63) is 76.7 Å². The lowest BCUT2D eigenvalue weighted by Crippen LogP contribution is -2.41. The molecule has 4 rings (SSSR count). The maximum Gasteiger partial charge on any atom is 0.269 e. The number of piperidine rings is 1. The lowest BCUT2D eigenvalue weighted by Gasteiger charge is -2.33. The Kier molecular flexibility index (Phi) is 6.92. The SMILES string of the molecule is COc1ccc(NC(=O)C2CCCN(c3cnn(Cc4ccccc4)c(=O)c3)C2)c(OC)c1. The van der Waals surface area contributed by atoms with Crippen LogP contribution in [0.4, 0.5) is 11.4 Å². The van der Waals surface area contributed by atoms with E-state index in [1.165, 1.54) is 4.68 Å². The summed E-state index contributed by atoms with van der Waals surface area (Å²) in [4.78, 5) is 27.7. The monoisotopic (exact) mass is 448 g/mol. The molecule has 1 fully saturated rings. The molecule has 0 saturated carbocycles. The number of amides is 1. The fraction of sp³-hybridized carbons (Fsp3) is 0.320. The normalized spacial score (nSPS) is 15.7. The number of hydrogen-bond acceptors (Lipinski definition) is 6. The first-order valence-electron chi connectivity index (χ1n) is 11.0. The minimum Gasteiger partial charge on any atom is -0.497 e. The highest BCUT2D eigenvalue weighted by atomic mass is 16.5. The summed E-state index contributed by atoms with van der Waals surface area (Å²) < 4.78 is 12.0. The minimum absolute atomic E-state index is 0.0754. The maximum atomic E-state index is 13.0. The summed E-state index contributed by atoms with van der Waals surface area (Å²) in [5, 5.41) is 7.33. The second-order valence-corrected chi connectivity index (χ2v) is 8.04. The fourth-order valence-corrected chi connectivity index (χ4v) is 4.03. The molecule has 1 aliphatic rings. The Morgan fingerprint density at radius 3 is 2.67 bits per heavy atom. The third kappa shape index (κ3) is 5.34. The molecule has 1 atom stereocenters. The molecule has 2 heterocycles. The van der Waals surface area contributed by atoms with E-state index in [2.05, 4.69) is 15.3 Å². The molecule has 0 spiro atoms. The molecular formula is C25H28N4O4. The van der Waals surface area contributed by atoms with Gasteiger partial charge in [0.25, 0.3) is 5.56 Å². The summed E-state index contributed by atoms with van der Waals surface area (Å²) in [5.74, 6) is 0.913. The van der Waals surface area contributed by atoms with Gasteiger partial charge in [0.15, 0.2) is 0 Å². The van der Waals surface area contributed by atoms with Crippen LogP contribution < -0.4 is 25.2 Å². The maximum absolute atomic E-state index is 13.0. The molecule has 1 amide bonds. The first-order chi connectivity index (χ1) is 16.1. The van der Waals surface area contributed by atoms with E-state index in [0.29, 0.717) is 30.3 Å². The van der Waals surface area contributed by atoms with Crippen LogP contribution in [-0.2, 0) is 11.3 Å². The molecule has 0 aliphatic carbocycles. The molecule has 172 valence electrons. The van der Waals surface area contributed by atoms with Gasteiger partial charge in [0, 0.05) is 25.2 Å². The van der Waals surface area contributed by atoms with Gasteiger partial charge in [0.05, 0.1) is 44.3 Å². The third-order valence-corrected chi connectivity index (χ3v) is 5.85. The van der Waals surface area contributed by atoms with Crippen LogP contribution in [0, 0.1) is 5.92 Å². The van der Waals surface area contributed by atoms with Gasteiger partial charge in [-0.3, -0.25) is 9.59 Å². The second-order valence-electron chi connectivity index (χ2n) is 8.04. The van der Waals surface area contributed by atoms with Crippen molar-refractivity contribution < 1.29 is 14.3 Å². The van der Waals surface area contributed by atoms with E-state index in [-0.39, 0.29) is 17.4 Å².